The van der Waals surface area contributed by atoms with Crippen molar-refractivity contribution in [1.29, 1.82) is 0 Å². The van der Waals surface area contributed by atoms with Crippen LogP contribution in [0, 0.1) is 6.92 Å². The molecule has 0 amide bonds. The van der Waals surface area contributed by atoms with Crippen LogP contribution in [-0.2, 0) is 21.8 Å². The monoisotopic (exact) mass is 261 g/mol. The van der Waals surface area contributed by atoms with Gasteiger partial charge in [-0.1, -0.05) is 6.92 Å². The van der Waals surface area contributed by atoms with Gasteiger partial charge in [0.1, 0.15) is 5.56 Å². The summed E-state index contributed by atoms with van der Waals surface area (Å²) in [7, 11) is -2.61. The molecule has 1 rings (SSSR count). The Morgan fingerprint density at radius 1 is 1.53 bits per heavy atom. The third-order valence-electron chi connectivity index (χ3n) is 2.08. The summed E-state index contributed by atoms with van der Waals surface area (Å²) >= 11 is 0. The van der Waals surface area contributed by atoms with Gasteiger partial charge in [0.15, 0.2) is 5.03 Å². The van der Waals surface area contributed by atoms with Crippen molar-refractivity contribution in [3.8, 4) is 0 Å². The van der Waals surface area contributed by atoms with E-state index in [2.05, 4.69) is 5.10 Å². The van der Waals surface area contributed by atoms with E-state index in [0.29, 0.717) is 6.42 Å². The SMILES string of the molecule is CCCOC(=O)c1c(C)nn(C)c1S(N)(=O)=O. The highest BCUT2D eigenvalue weighted by atomic mass is 32.2. The summed E-state index contributed by atoms with van der Waals surface area (Å²) in [5, 5.41) is 8.58. The number of aromatic nitrogens is 2. The molecule has 2 N–H and O–H groups in total. The second-order valence-electron chi connectivity index (χ2n) is 3.57. The fourth-order valence-corrected chi connectivity index (χ4v) is 2.39. The van der Waals surface area contributed by atoms with Gasteiger partial charge in [0.2, 0.25) is 0 Å². The molecule has 0 aromatic carbocycles. The van der Waals surface area contributed by atoms with Crippen molar-refractivity contribution in [3.05, 3.63) is 11.3 Å². The lowest BCUT2D eigenvalue weighted by Gasteiger charge is -2.04. The number of rotatable bonds is 4. The second-order valence-corrected chi connectivity index (χ2v) is 5.05. The smallest absolute Gasteiger partial charge is 0.343 e. The van der Waals surface area contributed by atoms with Gasteiger partial charge in [0.05, 0.1) is 12.3 Å². The van der Waals surface area contributed by atoms with Gasteiger partial charge in [0, 0.05) is 7.05 Å². The minimum absolute atomic E-state index is 0.0940. The maximum absolute atomic E-state index is 11.7. The first-order valence-electron chi connectivity index (χ1n) is 5.02. The van der Waals surface area contributed by atoms with E-state index in [1.807, 2.05) is 6.92 Å². The highest BCUT2D eigenvalue weighted by molar-refractivity contribution is 7.89. The van der Waals surface area contributed by atoms with Crippen molar-refractivity contribution < 1.29 is 17.9 Å². The number of carbonyl (C=O) groups excluding carboxylic acids is 1. The molecule has 1 heterocycles. The summed E-state index contributed by atoms with van der Waals surface area (Å²) in [5.74, 6) is -0.721. The summed E-state index contributed by atoms with van der Waals surface area (Å²) in [5.41, 5.74) is 0.182. The Labute approximate surface area is 99.6 Å². The van der Waals surface area contributed by atoms with Crippen molar-refractivity contribution in [1.82, 2.24) is 9.78 Å². The molecular weight excluding hydrogens is 246 g/mol. The lowest BCUT2D eigenvalue weighted by Crippen LogP contribution is -2.20. The standard InChI is InChI=1S/C9H15N3O4S/c1-4-5-16-9(13)7-6(2)11-12(3)8(7)17(10,14)15/h4-5H2,1-3H3,(H2,10,14,15). The van der Waals surface area contributed by atoms with Gasteiger partial charge in [-0.05, 0) is 13.3 Å². The number of primary sulfonamides is 1. The maximum Gasteiger partial charge on any atom is 0.343 e. The highest BCUT2D eigenvalue weighted by Crippen LogP contribution is 2.18. The van der Waals surface area contributed by atoms with Crippen molar-refractivity contribution in [2.75, 3.05) is 6.61 Å². The molecule has 0 saturated carbocycles. The number of carbonyl (C=O) groups is 1. The highest BCUT2D eigenvalue weighted by Gasteiger charge is 2.28. The van der Waals surface area contributed by atoms with Gasteiger partial charge in [0.25, 0.3) is 10.0 Å². The normalized spacial score (nSPS) is 11.5. The molecule has 0 radical (unpaired) electrons. The van der Waals surface area contributed by atoms with E-state index in [1.165, 1.54) is 14.0 Å². The zero-order valence-electron chi connectivity index (χ0n) is 9.93. The number of nitrogens with two attached hydrogens (primary N) is 1. The Hall–Kier alpha value is -1.41. The first-order chi connectivity index (χ1) is 7.79. The topological polar surface area (TPSA) is 104 Å². The largest absolute Gasteiger partial charge is 0.462 e. The molecule has 0 fully saturated rings. The Balaban J connectivity index is 3.28. The predicted octanol–water partition coefficient (Wildman–Crippen LogP) is -0.0573. The van der Waals surface area contributed by atoms with E-state index in [4.69, 9.17) is 9.88 Å². The molecule has 0 saturated heterocycles. The molecule has 0 aliphatic carbocycles. The van der Waals surface area contributed by atoms with E-state index in [1.54, 1.807) is 0 Å². The van der Waals surface area contributed by atoms with Crippen molar-refractivity contribution >= 4 is 16.0 Å². The summed E-state index contributed by atoms with van der Waals surface area (Å²) in [6.45, 7) is 3.58. The molecule has 96 valence electrons. The number of hydrogen-bond donors (Lipinski definition) is 1. The lowest BCUT2D eigenvalue weighted by atomic mass is 10.3. The number of aryl methyl sites for hydroxylation is 2. The zero-order valence-corrected chi connectivity index (χ0v) is 10.7. The van der Waals surface area contributed by atoms with Crippen molar-refractivity contribution in [2.24, 2.45) is 12.2 Å². The third-order valence-corrected chi connectivity index (χ3v) is 3.09. The zero-order chi connectivity index (χ0) is 13.2. The van der Waals surface area contributed by atoms with Gasteiger partial charge in [-0.2, -0.15) is 5.10 Å². The van der Waals surface area contributed by atoms with Crippen LogP contribution in [0.15, 0.2) is 5.03 Å². The molecule has 0 bridgehead atoms. The number of esters is 1. The van der Waals surface area contributed by atoms with Crippen LogP contribution >= 0.6 is 0 Å². The van der Waals surface area contributed by atoms with Crippen molar-refractivity contribution in [2.45, 2.75) is 25.3 Å². The number of nitrogens with zero attached hydrogens (tertiary/aromatic N) is 2. The average molecular weight is 261 g/mol. The summed E-state index contributed by atoms with van der Waals surface area (Å²) in [6.07, 6.45) is 0.649. The molecular formula is C9H15N3O4S. The minimum atomic E-state index is -4.01. The maximum atomic E-state index is 11.7. The van der Waals surface area contributed by atoms with E-state index in [9.17, 15) is 13.2 Å². The molecule has 1 aromatic rings. The van der Waals surface area contributed by atoms with Crippen molar-refractivity contribution in [3.63, 3.8) is 0 Å². The van der Waals surface area contributed by atoms with Gasteiger partial charge in [-0.3, -0.25) is 4.68 Å². The van der Waals surface area contributed by atoms with E-state index < -0.39 is 16.0 Å². The Morgan fingerprint density at radius 3 is 2.59 bits per heavy atom. The molecule has 0 aliphatic rings. The van der Waals surface area contributed by atoms with Gasteiger partial charge < -0.3 is 4.74 Å². The average Bonchev–Trinajstić information content (AvgIpc) is 2.49. The number of hydrogen-bond acceptors (Lipinski definition) is 5. The summed E-state index contributed by atoms with van der Waals surface area (Å²) < 4.78 is 28.7. The van der Waals surface area contributed by atoms with Crippen LogP contribution in [0.4, 0.5) is 0 Å². The number of sulfonamides is 1. The van der Waals surface area contributed by atoms with E-state index in [-0.39, 0.29) is 22.9 Å². The van der Waals surface area contributed by atoms with Crippen LogP contribution in [-0.4, -0.2) is 30.8 Å². The first-order valence-corrected chi connectivity index (χ1v) is 6.57. The van der Waals surface area contributed by atoms with E-state index in [0.717, 1.165) is 4.68 Å². The summed E-state index contributed by atoms with van der Waals surface area (Å²) in [6, 6.07) is 0. The fourth-order valence-electron chi connectivity index (χ4n) is 1.47. The Bertz CT molecular complexity index is 533. The van der Waals surface area contributed by atoms with Crippen LogP contribution in [0.5, 0.6) is 0 Å². The predicted molar refractivity (Wildman–Crippen MR) is 59.9 cm³/mol. The van der Waals surface area contributed by atoms with Gasteiger partial charge in [-0.15, -0.1) is 0 Å². The first kappa shape index (κ1) is 13.7. The Morgan fingerprint density at radius 2 is 2.12 bits per heavy atom. The van der Waals surface area contributed by atoms with Gasteiger partial charge >= 0.3 is 5.97 Å². The molecule has 0 spiro atoms. The molecule has 0 aliphatic heterocycles. The molecule has 1 aromatic heterocycles. The summed E-state index contributed by atoms with van der Waals surface area (Å²) in [4.78, 5) is 11.7. The molecule has 0 atom stereocenters. The lowest BCUT2D eigenvalue weighted by molar-refractivity contribution is 0.0499. The van der Waals surface area contributed by atoms with Gasteiger partial charge in [-0.25, -0.2) is 18.4 Å². The molecule has 17 heavy (non-hydrogen) atoms. The molecule has 0 unspecified atom stereocenters. The van der Waals surface area contributed by atoms with Crippen LogP contribution in [0.25, 0.3) is 0 Å². The minimum Gasteiger partial charge on any atom is -0.462 e. The van der Waals surface area contributed by atoms with Crippen LogP contribution in [0.2, 0.25) is 0 Å². The molecule has 8 heteroatoms. The van der Waals surface area contributed by atoms with Crippen LogP contribution in [0.3, 0.4) is 0 Å². The van der Waals surface area contributed by atoms with E-state index >= 15 is 0 Å². The van der Waals surface area contributed by atoms with Crippen LogP contribution in [0.1, 0.15) is 29.4 Å². The second kappa shape index (κ2) is 4.84. The molecule has 7 nitrogen and oxygen atoms in total. The third kappa shape index (κ3) is 2.83. The van der Waals surface area contributed by atoms with Crippen LogP contribution < -0.4 is 5.14 Å². The Kier molecular flexibility index (Phi) is 3.89. The fraction of sp³-hybridized carbons (Fsp3) is 0.556. The quantitative estimate of drug-likeness (QED) is 0.765. The number of ether oxygens (including phenoxy) is 1.